The van der Waals surface area contributed by atoms with Crippen LogP contribution in [0, 0.1) is 11.3 Å². The minimum atomic E-state index is -5.08. The SMILES string of the molecule is CCCCC(C)CC(C)(C(=O)O)C(C(=O)[O-])S(=O)(=O)O.[Na+]. The van der Waals surface area contributed by atoms with E-state index >= 15 is 0 Å². The van der Waals surface area contributed by atoms with Crippen LogP contribution in [-0.2, 0) is 19.7 Å². The number of unbranched alkanes of at least 4 members (excludes halogenated alkanes) is 1. The van der Waals surface area contributed by atoms with Gasteiger partial charge in [-0.15, -0.1) is 0 Å². The average molecular weight is 332 g/mol. The molecule has 3 unspecified atom stereocenters. The van der Waals surface area contributed by atoms with Crippen LogP contribution in [0.1, 0.15) is 46.5 Å². The van der Waals surface area contributed by atoms with Crippen LogP contribution in [-0.4, -0.2) is 35.3 Å². The van der Waals surface area contributed by atoms with Gasteiger partial charge >= 0.3 is 35.5 Å². The predicted octanol–water partition coefficient (Wildman–Crippen LogP) is -2.70. The van der Waals surface area contributed by atoms with Crippen LogP contribution in [0.2, 0.25) is 0 Å². The smallest absolute Gasteiger partial charge is 0.549 e. The first kappa shape index (κ1) is 23.1. The molecule has 0 spiro atoms. The zero-order valence-corrected chi connectivity index (χ0v) is 15.6. The van der Waals surface area contributed by atoms with Crippen molar-refractivity contribution in [1.82, 2.24) is 0 Å². The van der Waals surface area contributed by atoms with Gasteiger partial charge in [-0.25, -0.2) is 0 Å². The van der Waals surface area contributed by atoms with Crippen molar-refractivity contribution in [3.8, 4) is 0 Å². The molecule has 0 aliphatic heterocycles. The zero-order valence-electron chi connectivity index (χ0n) is 12.8. The van der Waals surface area contributed by atoms with Crippen LogP contribution in [0.4, 0.5) is 0 Å². The molecule has 0 aromatic heterocycles. The minimum Gasteiger partial charge on any atom is -0.549 e. The molecule has 118 valence electrons. The Morgan fingerprint density at radius 1 is 1.33 bits per heavy atom. The maximum atomic E-state index is 11.4. The van der Waals surface area contributed by atoms with Crippen molar-refractivity contribution >= 4 is 22.1 Å². The van der Waals surface area contributed by atoms with E-state index in [-0.39, 0.29) is 41.9 Å². The molecule has 21 heavy (non-hydrogen) atoms. The Morgan fingerprint density at radius 3 is 2.10 bits per heavy atom. The van der Waals surface area contributed by atoms with Crippen molar-refractivity contribution in [2.24, 2.45) is 11.3 Å². The Kier molecular flexibility index (Phi) is 10.0. The van der Waals surface area contributed by atoms with E-state index in [2.05, 4.69) is 0 Å². The van der Waals surface area contributed by atoms with Crippen molar-refractivity contribution in [3.05, 3.63) is 0 Å². The third-order valence-electron chi connectivity index (χ3n) is 3.40. The maximum Gasteiger partial charge on any atom is 1.00 e. The molecule has 0 bridgehead atoms. The van der Waals surface area contributed by atoms with Crippen LogP contribution in [0.25, 0.3) is 0 Å². The van der Waals surface area contributed by atoms with E-state index in [0.717, 1.165) is 19.8 Å². The fourth-order valence-corrected chi connectivity index (χ4v) is 3.49. The van der Waals surface area contributed by atoms with Crippen LogP contribution < -0.4 is 34.7 Å². The van der Waals surface area contributed by atoms with Gasteiger partial charge in [0.1, 0.15) is 5.25 Å². The van der Waals surface area contributed by atoms with Crippen LogP contribution >= 0.6 is 0 Å². The molecular formula is C12H21NaO7S. The second-order valence-electron chi connectivity index (χ2n) is 5.39. The molecule has 0 saturated carbocycles. The maximum absolute atomic E-state index is 11.4. The summed E-state index contributed by atoms with van der Waals surface area (Å²) in [5, 5.41) is 17.7. The summed E-state index contributed by atoms with van der Waals surface area (Å²) in [4.78, 5) is 22.3. The molecule has 0 amide bonds. The first-order chi connectivity index (χ1) is 8.96. The van der Waals surface area contributed by atoms with Crippen LogP contribution in [0.15, 0.2) is 0 Å². The van der Waals surface area contributed by atoms with Gasteiger partial charge in [-0.1, -0.05) is 33.1 Å². The third kappa shape index (κ3) is 6.65. The van der Waals surface area contributed by atoms with E-state index in [0.29, 0.717) is 6.42 Å². The zero-order chi connectivity index (χ0) is 16.1. The number of rotatable bonds is 9. The number of carbonyl (C=O) groups is 2. The predicted molar refractivity (Wildman–Crippen MR) is 69.4 cm³/mol. The summed E-state index contributed by atoms with van der Waals surface area (Å²) in [5.74, 6) is -3.90. The van der Waals surface area contributed by atoms with E-state index in [1.807, 2.05) is 6.92 Å². The summed E-state index contributed by atoms with van der Waals surface area (Å²) in [7, 11) is -5.08. The Labute approximate surface area is 147 Å². The summed E-state index contributed by atoms with van der Waals surface area (Å²) in [5.41, 5.74) is -2.14. The molecular weight excluding hydrogens is 311 g/mol. The molecule has 0 aliphatic rings. The number of carboxylic acids is 2. The van der Waals surface area contributed by atoms with Gasteiger partial charge in [0.25, 0.3) is 10.1 Å². The molecule has 0 heterocycles. The van der Waals surface area contributed by atoms with E-state index < -0.39 is 32.7 Å². The van der Waals surface area contributed by atoms with Crippen LogP contribution in [0.3, 0.4) is 0 Å². The molecule has 0 rings (SSSR count). The first-order valence-corrected chi connectivity index (χ1v) is 7.87. The van der Waals surface area contributed by atoms with Crippen molar-refractivity contribution in [2.75, 3.05) is 0 Å². The van der Waals surface area contributed by atoms with Gasteiger partial charge in [0, 0.05) is 0 Å². The minimum absolute atomic E-state index is 0. The van der Waals surface area contributed by atoms with Crippen molar-refractivity contribution in [2.45, 2.75) is 51.7 Å². The second-order valence-corrected chi connectivity index (χ2v) is 6.89. The van der Waals surface area contributed by atoms with E-state index in [4.69, 9.17) is 4.55 Å². The van der Waals surface area contributed by atoms with Gasteiger partial charge in [-0.05, 0) is 19.3 Å². The summed E-state index contributed by atoms with van der Waals surface area (Å²) in [6.07, 6.45) is 2.17. The average Bonchev–Trinajstić information content (AvgIpc) is 2.23. The number of hydrogen-bond acceptors (Lipinski definition) is 5. The Balaban J connectivity index is 0. The quantitative estimate of drug-likeness (QED) is 0.347. The van der Waals surface area contributed by atoms with Crippen molar-refractivity contribution < 1.29 is 62.3 Å². The van der Waals surface area contributed by atoms with Gasteiger partial charge in [0.2, 0.25) is 0 Å². The number of aliphatic carboxylic acids is 2. The first-order valence-electron chi connectivity index (χ1n) is 6.37. The molecule has 3 atom stereocenters. The number of carbonyl (C=O) groups excluding carboxylic acids is 1. The molecule has 0 aromatic carbocycles. The van der Waals surface area contributed by atoms with E-state index in [9.17, 15) is 28.2 Å². The topological polar surface area (TPSA) is 132 Å². The fourth-order valence-electron chi connectivity index (χ4n) is 2.40. The fraction of sp³-hybridized carbons (Fsp3) is 0.833. The molecule has 0 aliphatic carbocycles. The standard InChI is InChI=1S/C12H22O7S.Na/c1-4-5-6-8(2)7-12(3,11(15)16)9(10(13)14)20(17,18)19;/h8-9H,4-7H2,1-3H3,(H,13,14)(H,15,16)(H,17,18,19);/q;+1/p-1. The largest absolute Gasteiger partial charge is 1.00 e. The number of carboxylic acid groups (broad SMARTS) is 2. The Morgan fingerprint density at radius 2 is 1.81 bits per heavy atom. The van der Waals surface area contributed by atoms with Gasteiger partial charge in [-0.3, -0.25) is 9.35 Å². The van der Waals surface area contributed by atoms with Crippen molar-refractivity contribution in [3.63, 3.8) is 0 Å². The van der Waals surface area contributed by atoms with Gasteiger partial charge < -0.3 is 15.0 Å². The second kappa shape index (κ2) is 9.09. The molecule has 7 nitrogen and oxygen atoms in total. The summed E-state index contributed by atoms with van der Waals surface area (Å²) in [6.45, 7) is 4.67. The van der Waals surface area contributed by atoms with Gasteiger partial charge in [0.05, 0.1) is 11.4 Å². The molecule has 0 radical (unpaired) electrons. The Bertz CT molecular complexity index is 462. The van der Waals surface area contributed by atoms with E-state index in [1.54, 1.807) is 6.92 Å². The van der Waals surface area contributed by atoms with Gasteiger partial charge in [-0.2, -0.15) is 8.42 Å². The normalized spacial score (nSPS) is 17.1. The molecule has 0 saturated heterocycles. The third-order valence-corrected chi connectivity index (χ3v) is 4.71. The summed E-state index contributed by atoms with van der Waals surface area (Å²) in [6, 6.07) is 0. The monoisotopic (exact) mass is 332 g/mol. The van der Waals surface area contributed by atoms with Gasteiger partial charge in [0.15, 0.2) is 0 Å². The molecule has 0 aromatic rings. The molecule has 0 fully saturated rings. The summed E-state index contributed by atoms with van der Waals surface area (Å²) < 4.78 is 31.4. The number of hydrogen-bond donors (Lipinski definition) is 2. The van der Waals surface area contributed by atoms with E-state index in [1.165, 1.54) is 0 Å². The Hall–Kier alpha value is -0.150. The molecule has 9 heteroatoms. The molecule has 2 N–H and O–H groups in total. The summed E-state index contributed by atoms with van der Waals surface area (Å²) >= 11 is 0. The van der Waals surface area contributed by atoms with Crippen molar-refractivity contribution in [1.29, 1.82) is 0 Å². The van der Waals surface area contributed by atoms with Crippen LogP contribution in [0.5, 0.6) is 0 Å².